The van der Waals surface area contributed by atoms with Crippen LogP contribution in [-0.2, 0) is 12.8 Å². The van der Waals surface area contributed by atoms with E-state index < -0.39 is 0 Å². The van der Waals surface area contributed by atoms with Gasteiger partial charge in [-0.05, 0) is 54.0 Å². The molecule has 20 heavy (non-hydrogen) atoms. The summed E-state index contributed by atoms with van der Waals surface area (Å²) in [6.07, 6.45) is 3.16. The Bertz CT molecular complexity index is 621. The predicted molar refractivity (Wildman–Crippen MR) is 87.0 cm³/mol. The maximum absolute atomic E-state index is 6.68. The fourth-order valence-electron chi connectivity index (χ4n) is 2.95. The summed E-state index contributed by atoms with van der Waals surface area (Å²) in [4.78, 5) is 0. The molecule has 0 radical (unpaired) electrons. The lowest BCUT2D eigenvalue weighted by molar-refractivity contribution is 0.442. The molecule has 104 valence electrons. The van der Waals surface area contributed by atoms with E-state index in [4.69, 9.17) is 34.8 Å². The second-order valence-electron chi connectivity index (χ2n) is 5.35. The molecule has 0 saturated carbocycles. The monoisotopic (exact) mass is 324 g/mol. The molecule has 0 amide bonds. The van der Waals surface area contributed by atoms with Gasteiger partial charge in [-0.25, -0.2) is 0 Å². The standard InChI is InChI=1S/C17H15Cl3/c18-15-8-5-11(10-16(15)19)9-13-7-6-12-3-1-2-4-14(12)17(13)20/h1-5,8,10,13,17H,6-7,9H2. The molecule has 2 atom stereocenters. The quantitative estimate of drug-likeness (QED) is 0.587. The molecule has 0 spiro atoms. The largest absolute Gasteiger partial charge is 0.117 e. The van der Waals surface area contributed by atoms with Gasteiger partial charge in [0.2, 0.25) is 0 Å². The van der Waals surface area contributed by atoms with Crippen molar-refractivity contribution in [2.24, 2.45) is 5.92 Å². The fourth-order valence-corrected chi connectivity index (χ4v) is 3.70. The predicted octanol–water partition coefficient (Wildman–Crippen LogP) is 6.08. The third-order valence-electron chi connectivity index (χ3n) is 4.03. The first-order valence-electron chi connectivity index (χ1n) is 6.81. The Balaban J connectivity index is 1.81. The van der Waals surface area contributed by atoms with Crippen molar-refractivity contribution in [3.8, 4) is 0 Å². The molecule has 1 aliphatic carbocycles. The van der Waals surface area contributed by atoms with E-state index in [9.17, 15) is 0 Å². The number of benzene rings is 2. The Morgan fingerprint density at radius 1 is 1.00 bits per heavy atom. The first kappa shape index (κ1) is 14.3. The summed E-state index contributed by atoms with van der Waals surface area (Å²) in [5, 5.41) is 1.30. The van der Waals surface area contributed by atoms with Crippen molar-refractivity contribution in [2.75, 3.05) is 0 Å². The second-order valence-corrected chi connectivity index (χ2v) is 6.64. The normalized spacial score (nSPS) is 21.6. The van der Waals surface area contributed by atoms with Crippen molar-refractivity contribution in [2.45, 2.75) is 24.6 Å². The van der Waals surface area contributed by atoms with Crippen molar-refractivity contribution in [1.82, 2.24) is 0 Å². The fraction of sp³-hybridized carbons (Fsp3) is 0.294. The molecule has 0 N–H and O–H groups in total. The molecule has 0 aromatic heterocycles. The minimum atomic E-state index is 0.0782. The Labute approximate surface area is 134 Å². The highest BCUT2D eigenvalue weighted by molar-refractivity contribution is 6.42. The van der Waals surface area contributed by atoms with Gasteiger partial charge in [-0.3, -0.25) is 0 Å². The Morgan fingerprint density at radius 3 is 2.60 bits per heavy atom. The molecule has 2 unspecified atom stereocenters. The van der Waals surface area contributed by atoms with Crippen LogP contribution in [0.2, 0.25) is 10.0 Å². The van der Waals surface area contributed by atoms with Crippen LogP contribution in [-0.4, -0.2) is 0 Å². The van der Waals surface area contributed by atoms with Gasteiger partial charge >= 0.3 is 0 Å². The van der Waals surface area contributed by atoms with Gasteiger partial charge in [0, 0.05) is 0 Å². The molecule has 0 heterocycles. The van der Waals surface area contributed by atoms with Gasteiger partial charge in [0.15, 0.2) is 0 Å². The summed E-state index contributed by atoms with van der Waals surface area (Å²) in [5.74, 6) is 0.448. The van der Waals surface area contributed by atoms with Crippen LogP contribution in [0.4, 0.5) is 0 Å². The van der Waals surface area contributed by atoms with E-state index in [1.807, 2.05) is 18.2 Å². The molecule has 0 aliphatic heterocycles. The lowest BCUT2D eigenvalue weighted by Crippen LogP contribution is -2.19. The molecule has 0 bridgehead atoms. The zero-order valence-corrected chi connectivity index (χ0v) is 13.2. The molecular formula is C17H15Cl3. The smallest absolute Gasteiger partial charge is 0.0619 e. The van der Waals surface area contributed by atoms with Crippen LogP contribution in [0.15, 0.2) is 42.5 Å². The van der Waals surface area contributed by atoms with Gasteiger partial charge in [0.1, 0.15) is 0 Å². The molecule has 3 rings (SSSR count). The van der Waals surface area contributed by atoms with E-state index in [2.05, 4.69) is 24.3 Å². The highest BCUT2D eigenvalue weighted by Gasteiger charge is 2.27. The van der Waals surface area contributed by atoms with Gasteiger partial charge in [-0.15, -0.1) is 11.6 Å². The second kappa shape index (κ2) is 5.97. The number of hydrogen-bond acceptors (Lipinski definition) is 0. The average Bonchev–Trinajstić information content (AvgIpc) is 2.46. The first-order chi connectivity index (χ1) is 9.65. The highest BCUT2D eigenvalue weighted by atomic mass is 35.5. The summed E-state index contributed by atoms with van der Waals surface area (Å²) in [6, 6.07) is 14.3. The van der Waals surface area contributed by atoms with Crippen LogP contribution in [0.5, 0.6) is 0 Å². The van der Waals surface area contributed by atoms with Crippen LogP contribution in [0.25, 0.3) is 0 Å². The van der Waals surface area contributed by atoms with Gasteiger partial charge in [0.25, 0.3) is 0 Å². The van der Waals surface area contributed by atoms with Crippen LogP contribution in [0, 0.1) is 5.92 Å². The SMILES string of the molecule is Clc1ccc(CC2CCc3ccccc3C2Cl)cc1Cl. The van der Waals surface area contributed by atoms with Crippen molar-refractivity contribution in [1.29, 1.82) is 0 Å². The van der Waals surface area contributed by atoms with Gasteiger partial charge in [-0.2, -0.15) is 0 Å². The zero-order chi connectivity index (χ0) is 14.1. The van der Waals surface area contributed by atoms with Crippen molar-refractivity contribution < 1.29 is 0 Å². The van der Waals surface area contributed by atoms with E-state index in [0.29, 0.717) is 16.0 Å². The van der Waals surface area contributed by atoms with E-state index in [1.54, 1.807) is 0 Å². The average molecular weight is 326 g/mol. The lowest BCUT2D eigenvalue weighted by atomic mass is 9.80. The third-order valence-corrected chi connectivity index (χ3v) is 5.36. The summed E-state index contributed by atoms with van der Waals surface area (Å²) in [6.45, 7) is 0. The third kappa shape index (κ3) is 2.83. The van der Waals surface area contributed by atoms with Crippen LogP contribution in [0.1, 0.15) is 28.5 Å². The Kier molecular flexibility index (Phi) is 4.26. The van der Waals surface area contributed by atoms with Crippen LogP contribution in [0.3, 0.4) is 0 Å². The molecule has 0 nitrogen and oxygen atoms in total. The lowest BCUT2D eigenvalue weighted by Gasteiger charge is -2.29. The number of halogens is 3. The van der Waals surface area contributed by atoms with Gasteiger partial charge in [0.05, 0.1) is 15.4 Å². The van der Waals surface area contributed by atoms with Crippen LogP contribution >= 0.6 is 34.8 Å². The van der Waals surface area contributed by atoms with E-state index in [0.717, 1.165) is 19.3 Å². The first-order valence-corrected chi connectivity index (χ1v) is 8.00. The van der Waals surface area contributed by atoms with E-state index in [-0.39, 0.29) is 5.38 Å². The molecule has 0 fully saturated rings. The van der Waals surface area contributed by atoms with E-state index >= 15 is 0 Å². The van der Waals surface area contributed by atoms with Gasteiger partial charge in [-0.1, -0.05) is 53.5 Å². The van der Waals surface area contributed by atoms with Crippen molar-refractivity contribution in [3.63, 3.8) is 0 Å². The van der Waals surface area contributed by atoms with Crippen molar-refractivity contribution in [3.05, 3.63) is 69.2 Å². The number of rotatable bonds is 2. The minimum absolute atomic E-state index is 0.0782. The van der Waals surface area contributed by atoms with Gasteiger partial charge < -0.3 is 0 Å². The molecule has 1 aliphatic rings. The van der Waals surface area contributed by atoms with Crippen molar-refractivity contribution >= 4 is 34.8 Å². The topological polar surface area (TPSA) is 0 Å². The molecule has 0 saturated heterocycles. The van der Waals surface area contributed by atoms with E-state index in [1.165, 1.54) is 16.7 Å². The number of aryl methyl sites for hydroxylation is 1. The minimum Gasteiger partial charge on any atom is -0.117 e. The Hall–Kier alpha value is -0.690. The molecule has 2 aromatic rings. The maximum atomic E-state index is 6.68. The van der Waals surface area contributed by atoms with Crippen LogP contribution < -0.4 is 0 Å². The number of fused-ring (bicyclic) bond motifs is 1. The summed E-state index contributed by atoms with van der Waals surface area (Å²) in [7, 11) is 0. The number of alkyl halides is 1. The maximum Gasteiger partial charge on any atom is 0.0619 e. The summed E-state index contributed by atoms with van der Waals surface area (Å²) < 4.78 is 0. The Morgan fingerprint density at radius 2 is 1.80 bits per heavy atom. The summed E-state index contributed by atoms with van der Waals surface area (Å²) >= 11 is 18.7. The number of hydrogen-bond donors (Lipinski definition) is 0. The highest BCUT2D eigenvalue weighted by Crippen LogP contribution is 2.41. The summed E-state index contributed by atoms with van der Waals surface area (Å²) in [5.41, 5.74) is 3.87. The molecule has 3 heteroatoms. The zero-order valence-electron chi connectivity index (χ0n) is 11.0. The molecule has 2 aromatic carbocycles. The molecular weight excluding hydrogens is 311 g/mol.